The van der Waals surface area contributed by atoms with Crippen LogP contribution in [0.3, 0.4) is 0 Å². The number of sulfone groups is 1. The minimum absolute atomic E-state index is 0.357. The minimum atomic E-state index is -2.71. The number of rotatable bonds is 3. The first-order chi connectivity index (χ1) is 8.12. The lowest BCUT2D eigenvalue weighted by Gasteiger charge is -2.45. The minimum Gasteiger partial charge on any atom is -0.312 e. The summed E-state index contributed by atoms with van der Waals surface area (Å²) in [5.41, 5.74) is 0. The summed E-state index contributed by atoms with van der Waals surface area (Å²) < 4.78 is 22.8. The molecule has 4 heterocycles. The van der Waals surface area contributed by atoms with Crippen LogP contribution in [0, 0.1) is 11.8 Å². The smallest absolute Gasteiger partial charge is 0.150 e. The van der Waals surface area contributed by atoms with E-state index in [0.29, 0.717) is 23.5 Å². The van der Waals surface area contributed by atoms with E-state index in [2.05, 4.69) is 10.2 Å². The number of nitrogens with zero attached hydrogens (tertiary/aromatic N) is 1. The maximum atomic E-state index is 11.4. The predicted octanol–water partition coefficient (Wildman–Crippen LogP) is 0.105. The average Bonchev–Trinajstić information content (AvgIpc) is 2.68. The molecule has 17 heavy (non-hydrogen) atoms. The van der Waals surface area contributed by atoms with Gasteiger partial charge in [0.2, 0.25) is 0 Å². The van der Waals surface area contributed by atoms with Gasteiger partial charge >= 0.3 is 0 Å². The lowest BCUT2D eigenvalue weighted by molar-refractivity contribution is 0.0713. The van der Waals surface area contributed by atoms with Crippen LogP contribution in [0.1, 0.15) is 19.3 Å². The third kappa shape index (κ3) is 2.66. The van der Waals surface area contributed by atoms with Crippen LogP contribution in [0.2, 0.25) is 0 Å². The number of hydrogen-bond donors (Lipinski definition) is 1. The SMILES string of the molecule is O=S1(=O)CCC(CNC2CN3CCC2CC3)C1. The molecule has 0 radical (unpaired) electrons. The molecule has 0 amide bonds. The van der Waals surface area contributed by atoms with Gasteiger partial charge in [-0.05, 0) is 50.7 Å². The Balaban J connectivity index is 1.49. The molecule has 4 saturated heterocycles. The van der Waals surface area contributed by atoms with Crippen LogP contribution in [-0.2, 0) is 9.84 Å². The van der Waals surface area contributed by atoms with Crippen molar-refractivity contribution >= 4 is 9.84 Å². The molecule has 4 rings (SSSR count). The van der Waals surface area contributed by atoms with Gasteiger partial charge in [0, 0.05) is 12.6 Å². The Hall–Kier alpha value is -0.130. The summed E-state index contributed by atoms with van der Waals surface area (Å²) in [5.74, 6) is 1.99. The largest absolute Gasteiger partial charge is 0.312 e. The molecule has 1 N–H and O–H groups in total. The lowest BCUT2D eigenvalue weighted by Crippen LogP contribution is -2.56. The van der Waals surface area contributed by atoms with Crippen LogP contribution in [0.15, 0.2) is 0 Å². The molecule has 5 heteroatoms. The molecule has 0 spiro atoms. The topological polar surface area (TPSA) is 49.4 Å². The van der Waals surface area contributed by atoms with Crippen molar-refractivity contribution < 1.29 is 8.42 Å². The summed E-state index contributed by atoms with van der Waals surface area (Å²) in [6, 6.07) is 0.612. The highest BCUT2D eigenvalue weighted by atomic mass is 32.2. The third-order valence-electron chi connectivity index (χ3n) is 4.65. The van der Waals surface area contributed by atoms with E-state index in [4.69, 9.17) is 0 Å². The van der Waals surface area contributed by atoms with Crippen LogP contribution >= 0.6 is 0 Å². The molecular weight excluding hydrogens is 236 g/mol. The molecule has 2 atom stereocenters. The second-order valence-corrected chi connectivity index (χ2v) is 8.15. The molecular formula is C12H22N2O2S. The fourth-order valence-corrected chi connectivity index (χ4v) is 5.41. The Morgan fingerprint density at radius 1 is 1.18 bits per heavy atom. The Bertz CT molecular complexity index is 374. The fraction of sp³-hybridized carbons (Fsp3) is 1.00. The molecule has 4 nitrogen and oxygen atoms in total. The van der Waals surface area contributed by atoms with Gasteiger partial charge in [0.15, 0.2) is 9.84 Å². The number of fused-ring (bicyclic) bond motifs is 3. The third-order valence-corrected chi connectivity index (χ3v) is 6.49. The first-order valence-electron chi connectivity index (χ1n) is 6.78. The highest BCUT2D eigenvalue weighted by molar-refractivity contribution is 7.91. The van der Waals surface area contributed by atoms with E-state index in [1.165, 1.54) is 32.5 Å². The Labute approximate surface area is 104 Å². The van der Waals surface area contributed by atoms with Gasteiger partial charge in [0.1, 0.15) is 0 Å². The van der Waals surface area contributed by atoms with Gasteiger partial charge in [0.25, 0.3) is 0 Å². The van der Waals surface area contributed by atoms with Gasteiger partial charge in [-0.1, -0.05) is 0 Å². The van der Waals surface area contributed by atoms with Gasteiger partial charge in [0.05, 0.1) is 11.5 Å². The predicted molar refractivity (Wildman–Crippen MR) is 67.7 cm³/mol. The summed E-state index contributed by atoms with van der Waals surface area (Å²) in [4.78, 5) is 2.53. The molecule has 4 fully saturated rings. The standard InChI is InChI=1S/C12H22N2O2S/c15-17(16)6-3-10(9-17)7-13-12-8-14-4-1-11(12)2-5-14/h10-13H,1-9H2. The zero-order valence-corrected chi connectivity index (χ0v) is 11.1. The molecule has 2 unspecified atom stereocenters. The molecule has 4 aliphatic heterocycles. The van der Waals surface area contributed by atoms with Crippen molar-refractivity contribution in [2.24, 2.45) is 11.8 Å². The highest BCUT2D eigenvalue weighted by Crippen LogP contribution is 2.28. The van der Waals surface area contributed by atoms with E-state index in [-0.39, 0.29) is 0 Å². The molecule has 0 aromatic heterocycles. The van der Waals surface area contributed by atoms with Crippen molar-refractivity contribution in [1.82, 2.24) is 10.2 Å². The molecule has 0 saturated carbocycles. The Morgan fingerprint density at radius 3 is 2.47 bits per heavy atom. The van der Waals surface area contributed by atoms with Gasteiger partial charge in [-0.25, -0.2) is 8.42 Å². The van der Waals surface area contributed by atoms with Crippen LogP contribution in [0.25, 0.3) is 0 Å². The monoisotopic (exact) mass is 258 g/mol. The van der Waals surface area contributed by atoms with E-state index in [9.17, 15) is 8.42 Å². The number of nitrogens with one attached hydrogen (secondary N) is 1. The van der Waals surface area contributed by atoms with E-state index in [1.54, 1.807) is 0 Å². The zero-order chi connectivity index (χ0) is 11.9. The summed E-state index contributed by atoms with van der Waals surface area (Å²) in [6.45, 7) is 4.60. The maximum Gasteiger partial charge on any atom is 0.150 e. The summed E-state index contributed by atoms with van der Waals surface area (Å²) in [5, 5.41) is 3.63. The Morgan fingerprint density at radius 2 is 1.94 bits per heavy atom. The number of hydrogen-bond acceptors (Lipinski definition) is 4. The van der Waals surface area contributed by atoms with Crippen molar-refractivity contribution in [3.05, 3.63) is 0 Å². The first-order valence-corrected chi connectivity index (χ1v) is 8.61. The number of piperidine rings is 3. The van der Waals surface area contributed by atoms with Gasteiger partial charge in [-0.3, -0.25) is 0 Å². The zero-order valence-electron chi connectivity index (χ0n) is 10.3. The van der Waals surface area contributed by atoms with E-state index >= 15 is 0 Å². The lowest BCUT2D eigenvalue weighted by atomic mass is 9.84. The summed E-state index contributed by atoms with van der Waals surface area (Å²) in [7, 11) is -2.71. The maximum absolute atomic E-state index is 11.4. The van der Waals surface area contributed by atoms with Crippen molar-refractivity contribution in [2.45, 2.75) is 25.3 Å². The first kappa shape index (κ1) is 11.9. The van der Waals surface area contributed by atoms with E-state index in [0.717, 1.165) is 18.9 Å². The molecule has 4 aliphatic rings. The second-order valence-electron chi connectivity index (χ2n) is 5.92. The van der Waals surface area contributed by atoms with Gasteiger partial charge in [-0.2, -0.15) is 0 Å². The molecule has 98 valence electrons. The van der Waals surface area contributed by atoms with E-state index in [1.807, 2.05) is 0 Å². The van der Waals surface area contributed by atoms with Gasteiger partial charge in [-0.15, -0.1) is 0 Å². The average molecular weight is 258 g/mol. The van der Waals surface area contributed by atoms with Gasteiger partial charge < -0.3 is 10.2 Å². The molecule has 2 bridgehead atoms. The van der Waals surface area contributed by atoms with Crippen LogP contribution in [-0.4, -0.2) is 57.0 Å². The normalized spacial score (nSPS) is 44.0. The quantitative estimate of drug-likeness (QED) is 0.780. The van der Waals surface area contributed by atoms with Crippen molar-refractivity contribution in [3.63, 3.8) is 0 Å². The molecule has 0 aliphatic carbocycles. The molecule has 0 aromatic carbocycles. The van der Waals surface area contributed by atoms with Crippen molar-refractivity contribution in [2.75, 3.05) is 37.7 Å². The van der Waals surface area contributed by atoms with Crippen molar-refractivity contribution in [1.29, 1.82) is 0 Å². The van der Waals surface area contributed by atoms with Crippen molar-refractivity contribution in [3.8, 4) is 0 Å². The summed E-state index contributed by atoms with van der Waals surface area (Å²) in [6.07, 6.45) is 3.50. The van der Waals surface area contributed by atoms with E-state index < -0.39 is 9.84 Å². The highest BCUT2D eigenvalue weighted by Gasteiger charge is 2.35. The Kier molecular flexibility index (Phi) is 3.17. The summed E-state index contributed by atoms with van der Waals surface area (Å²) >= 11 is 0. The van der Waals surface area contributed by atoms with Crippen LogP contribution in [0.5, 0.6) is 0 Å². The fourth-order valence-electron chi connectivity index (χ4n) is 3.55. The van der Waals surface area contributed by atoms with Crippen LogP contribution in [0.4, 0.5) is 0 Å². The van der Waals surface area contributed by atoms with Crippen LogP contribution < -0.4 is 5.32 Å². The molecule has 0 aromatic rings. The second kappa shape index (κ2) is 4.52.